The van der Waals surface area contributed by atoms with Gasteiger partial charge in [-0.2, -0.15) is 0 Å². The van der Waals surface area contributed by atoms with Crippen LogP contribution in [0.2, 0.25) is 0 Å². The van der Waals surface area contributed by atoms with Crippen LogP contribution in [-0.2, 0) is 10.0 Å². The van der Waals surface area contributed by atoms with Crippen molar-refractivity contribution in [2.45, 2.75) is 43.9 Å². The summed E-state index contributed by atoms with van der Waals surface area (Å²) in [6.45, 7) is 3.90. The molecule has 0 atom stereocenters. The Morgan fingerprint density at radius 1 is 1.09 bits per heavy atom. The second-order valence-corrected chi connectivity index (χ2v) is 7.40. The molecule has 1 N–H and O–H groups in total. The molecule has 122 valence electrons. The fourth-order valence-corrected chi connectivity index (χ4v) is 3.69. The Kier molecular flexibility index (Phi) is 5.97. The Morgan fingerprint density at radius 2 is 1.68 bits per heavy atom. The summed E-state index contributed by atoms with van der Waals surface area (Å²) >= 11 is 0. The molecule has 0 aromatic heterocycles. The Balaban J connectivity index is 2.09. The topological polar surface area (TPSA) is 66.5 Å². The predicted molar refractivity (Wildman–Crippen MR) is 86.3 cm³/mol. The van der Waals surface area contributed by atoms with E-state index in [1.165, 1.54) is 25.0 Å². The predicted octanol–water partition coefficient (Wildman–Crippen LogP) is 2.39. The van der Waals surface area contributed by atoms with Gasteiger partial charge in [0.15, 0.2) is 0 Å². The molecular formula is C16H24N2O3S. The Morgan fingerprint density at radius 3 is 2.23 bits per heavy atom. The maximum Gasteiger partial charge on any atom is 0.253 e. The summed E-state index contributed by atoms with van der Waals surface area (Å²) in [5.74, 6) is -0.00707. The standard InChI is InChI=1S/C16H24N2O3S/c1-2-11-17-22(20,21)15-9-7-14(8-10-15)16(19)18-12-5-3-4-6-13-18/h7-10,17H,2-6,11-13H2,1H3. The number of rotatable bonds is 5. The molecule has 22 heavy (non-hydrogen) atoms. The fourth-order valence-electron chi connectivity index (χ4n) is 2.55. The molecule has 1 aromatic carbocycles. The molecule has 1 saturated heterocycles. The van der Waals surface area contributed by atoms with Gasteiger partial charge in [0.25, 0.3) is 5.91 Å². The molecule has 0 saturated carbocycles. The quantitative estimate of drug-likeness (QED) is 0.904. The first-order valence-electron chi connectivity index (χ1n) is 7.93. The van der Waals surface area contributed by atoms with Crippen LogP contribution in [0.1, 0.15) is 49.4 Å². The van der Waals surface area contributed by atoms with Crippen molar-refractivity contribution in [2.75, 3.05) is 19.6 Å². The third-order valence-corrected chi connectivity index (χ3v) is 5.32. The average molecular weight is 324 g/mol. The van der Waals surface area contributed by atoms with E-state index >= 15 is 0 Å². The van der Waals surface area contributed by atoms with Crippen molar-refractivity contribution < 1.29 is 13.2 Å². The van der Waals surface area contributed by atoms with Crippen LogP contribution < -0.4 is 4.72 Å². The lowest BCUT2D eigenvalue weighted by molar-refractivity contribution is 0.0761. The van der Waals surface area contributed by atoms with Crippen molar-refractivity contribution in [1.29, 1.82) is 0 Å². The molecule has 6 heteroatoms. The second kappa shape index (κ2) is 7.74. The minimum absolute atomic E-state index is 0.00707. The second-order valence-electron chi connectivity index (χ2n) is 5.63. The van der Waals surface area contributed by atoms with Gasteiger partial charge in [0, 0.05) is 25.2 Å². The lowest BCUT2D eigenvalue weighted by Gasteiger charge is -2.20. The van der Waals surface area contributed by atoms with E-state index in [2.05, 4.69) is 4.72 Å². The molecule has 0 spiro atoms. The molecule has 1 fully saturated rings. The fraction of sp³-hybridized carbons (Fsp3) is 0.562. The molecule has 5 nitrogen and oxygen atoms in total. The number of carbonyl (C=O) groups is 1. The number of hydrogen-bond acceptors (Lipinski definition) is 3. The first-order chi connectivity index (χ1) is 10.5. The zero-order valence-corrected chi connectivity index (χ0v) is 13.9. The number of hydrogen-bond donors (Lipinski definition) is 1. The number of nitrogens with one attached hydrogen (secondary N) is 1. The largest absolute Gasteiger partial charge is 0.339 e. The van der Waals surface area contributed by atoms with Crippen LogP contribution in [0.3, 0.4) is 0 Å². The molecule has 2 rings (SSSR count). The molecule has 0 bridgehead atoms. The van der Waals surface area contributed by atoms with Crippen molar-refractivity contribution in [3.63, 3.8) is 0 Å². The summed E-state index contributed by atoms with van der Waals surface area (Å²) in [5, 5.41) is 0. The molecule has 1 heterocycles. The molecule has 0 radical (unpaired) electrons. The molecule has 1 aliphatic rings. The van der Waals surface area contributed by atoms with Crippen LogP contribution >= 0.6 is 0 Å². The summed E-state index contributed by atoms with van der Waals surface area (Å²) in [6, 6.07) is 6.22. The number of nitrogens with zero attached hydrogens (tertiary/aromatic N) is 1. The van der Waals surface area contributed by atoms with Gasteiger partial charge in [0.05, 0.1) is 4.90 Å². The number of benzene rings is 1. The summed E-state index contributed by atoms with van der Waals surface area (Å²) in [4.78, 5) is 14.5. The van der Waals surface area contributed by atoms with E-state index in [1.807, 2.05) is 11.8 Å². The summed E-state index contributed by atoms with van der Waals surface area (Å²) < 4.78 is 26.5. The highest BCUT2D eigenvalue weighted by molar-refractivity contribution is 7.89. The highest BCUT2D eigenvalue weighted by Gasteiger charge is 2.18. The lowest BCUT2D eigenvalue weighted by Crippen LogP contribution is -2.31. The van der Waals surface area contributed by atoms with Crippen molar-refractivity contribution in [2.24, 2.45) is 0 Å². The van der Waals surface area contributed by atoms with Gasteiger partial charge >= 0.3 is 0 Å². The van der Waals surface area contributed by atoms with Gasteiger partial charge in [-0.15, -0.1) is 0 Å². The third-order valence-electron chi connectivity index (χ3n) is 3.85. The van der Waals surface area contributed by atoms with Crippen LogP contribution in [0.4, 0.5) is 0 Å². The van der Waals surface area contributed by atoms with Gasteiger partial charge in [0.1, 0.15) is 0 Å². The molecule has 0 unspecified atom stereocenters. The van der Waals surface area contributed by atoms with Gasteiger partial charge < -0.3 is 4.90 Å². The van der Waals surface area contributed by atoms with E-state index in [4.69, 9.17) is 0 Å². The first kappa shape index (κ1) is 17.0. The van der Waals surface area contributed by atoms with Crippen LogP contribution in [0, 0.1) is 0 Å². The molecule has 1 amide bonds. The van der Waals surface area contributed by atoms with E-state index in [9.17, 15) is 13.2 Å². The van der Waals surface area contributed by atoms with E-state index < -0.39 is 10.0 Å². The Bertz CT molecular complexity index is 588. The summed E-state index contributed by atoms with van der Waals surface area (Å²) in [7, 11) is -3.47. The zero-order chi connectivity index (χ0) is 16.0. The number of sulfonamides is 1. The van der Waals surface area contributed by atoms with Crippen molar-refractivity contribution in [3.05, 3.63) is 29.8 Å². The maximum atomic E-state index is 12.4. The number of amides is 1. The van der Waals surface area contributed by atoms with Crippen LogP contribution in [-0.4, -0.2) is 38.9 Å². The van der Waals surface area contributed by atoms with Gasteiger partial charge in [-0.3, -0.25) is 4.79 Å². The van der Waals surface area contributed by atoms with E-state index in [0.717, 1.165) is 32.4 Å². The van der Waals surface area contributed by atoms with Crippen molar-refractivity contribution >= 4 is 15.9 Å². The first-order valence-corrected chi connectivity index (χ1v) is 9.42. The Labute approximate surface area is 132 Å². The van der Waals surface area contributed by atoms with Gasteiger partial charge in [-0.1, -0.05) is 19.8 Å². The van der Waals surface area contributed by atoms with Crippen LogP contribution in [0.5, 0.6) is 0 Å². The molecule has 0 aliphatic carbocycles. The van der Waals surface area contributed by atoms with E-state index in [1.54, 1.807) is 12.1 Å². The van der Waals surface area contributed by atoms with E-state index in [0.29, 0.717) is 12.1 Å². The minimum Gasteiger partial charge on any atom is -0.339 e. The van der Waals surface area contributed by atoms with Gasteiger partial charge in [0.2, 0.25) is 10.0 Å². The highest BCUT2D eigenvalue weighted by Crippen LogP contribution is 2.15. The van der Waals surface area contributed by atoms with Gasteiger partial charge in [-0.05, 0) is 43.5 Å². The third kappa shape index (κ3) is 4.30. The van der Waals surface area contributed by atoms with Crippen LogP contribution in [0.15, 0.2) is 29.2 Å². The smallest absolute Gasteiger partial charge is 0.253 e. The van der Waals surface area contributed by atoms with Gasteiger partial charge in [-0.25, -0.2) is 13.1 Å². The number of carbonyl (C=O) groups excluding carboxylic acids is 1. The minimum atomic E-state index is -3.47. The lowest BCUT2D eigenvalue weighted by atomic mass is 10.2. The maximum absolute atomic E-state index is 12.4. The van der Waals surface area contributed by atoms with Crippen molar-refractivity contribution in [1.82, 2.24) is 9.62 Å². The number of likely N-dealkylation sites (tertiary alicyclic amines) is 1. The monoisotopic (exact) mass is 324 g/mol. The normalized spacial score (nSPS) is 16.3. The van der Waals surface area contributed by atoms with E-state index in [-0.39, 0.29) is 10.8 Å². The molecule has 1 aromatic rings. The van der Waals surface area contributed by atoms with Crippen molar-refractivity contribution in [3.8, 4) is 0 Å². The molecular weight excluding hydrogens is 300 g/mol. The SMILES string of the molecule is CCCNS(=O)(=O)c1ccc(C(=O)N2CCCCCC2)cc1. The average Bonchev–Trinajstić information content (AvgIpc) is 2.81. The summed E-state index contributed by atoms with van der Waals surface area (Å²) in [5.41, 5.74) is 0.552. The zero-order valence-electron chi connectivity index (χ0n) is 13.0. The Hall–Kier alpha value is -1.40. The highest BCUT2D eigenvalue weighted by atomic mass is 32.2. The van der Waals surface area contributed by atoms with Crippen LogP contribution in [0.25, 0.3) is 0 Å². The summed E-state index contributed by atoms with van der Waals surface area (Å²) in [6.07, 6.45) is 5.16. The molecule has 1 aliphatic heterocycles.